The van der Waals surface area contributed by atoms with Gasteiger partial charge in [0.15, 0.2) is 11.6 Å². The summed E-state index contributed by atoms with van der Waals surface area (Å²) in [5.41, 5.74) is 5.27. The summed E-state index contributed by atoms with van der Waals surface area (Å²) >= 11 is 0. The van der Waals surface area contributed by atoms with E-state index >= 15 is 0 Å². The highest BCUT2D eigenvalue weighted by Gasteiger charge is 2.09. The minimum Gasteiger partial charge on any atom is -0.381 e. The maximum absolute atomic E-state index is 13.3. The van der Waals surface area contributed by atoms with Crippen molar-refractivity contribution in [2.45, 2.75) is 0 Å². The maximum atomic E-state index is 13.3. The first-order valence-electron chi connectivity index (χ1n) is 4.44. The van der Waals surface area contributed by atoms with Gasteiger partial charge in [0.2, 0.25) is 0 Å². The molecular formula is C11H7F3N2. The monoisotopic (exact) mass is 224 g/mol. The Morgan fingerprint density at radius 1 is 1.00 bits per heavy atom. The van der Waals surface area contributed by atoms with E-state index in [2.05, 4.69) is 4.98 Å². The van der Waals surface area contributed by atoms with E-state index < -0.39 is 17.5 Å². The topological polar surface area (TPSA) is 38.9 Å². The van der Waals surface area contributed by atoms with Crippen LogP contribution in [0.3, 0.4) is 0 Å². The quantitative estimate of drug-likeness (QED) is 0.808. The van der Waals surface area contributed by atoms with Crippen molar-refractivity contribution in [1.82, 2.24) is 4.98 Å². The first-order chi connectivity index (χ1) is 7.58. The van der Waals surface area contributed by atoms with Gasteiger partial charge in [-0.05, 0) is 24.3 Å². The van der Waals surface area contributed by atoms with Gasteiger partial charge in [0.05, 0.1) is 0 Å². The third kappa shape index (κ3) is 1.84. The lowest BCUT2D eigenvalue weighted by molar-refractivity contribution is 0.602. The van der Waals surface area contributed by atoms with Crippen molar-refractivity contribution in [2.24, 2.45) is 0 Å². The number of hydrogen-bond acceptors (Lipinski definition) is 2. The number of halogens is 3. The number of aromatic nitrogens is 1. The Morgan fingerprint density at radius 2 is 1.75 bits per heavy atom. The van der Waals surface area contributed by atoms with Crippen molar-refractivity contribution in [2.75, 3.05) is 5.73 Å². The predicted molar refractivity (Wildman–Crippen MR) is 54.0 cm³/mol. The van der Waals surface area contributed by atoms with Gasteiger partial charge < -0.3 is 5.73 Å². The van der Waals surface area contributed by atoms with Crippen molar-refractivity contribution in [3.05, 3.63) is 47.9 Å². The lowest BCUT2D eigenvalue weighted by Crippen LogP contribution is -1.96. The summed E-state index contributed by atoms with van der Waals surface area (Å²) < 4.78 is 39.3. The average molecular weight is 224 g/mol. The lowest BCUT2D eigenvalue weighted by Gasteiger charge is -2.04. The number of anilines is 1. The number of nitrogens with zero attached hydrogens (tertiary/aromatic N) is 1. The largest absolute Gasteiger partial charge is 0.381 e. The number of benzene rings is 1. The van der Waals surface area contributed by atoms with Gasteiger partial charge in [0, 0.05) is 17.3 Å². The van der Waals surface area contributed by atoms with Crippen molar-refractivity contribution >= 4 is 5.82 Å². The van der Waals surface area contributed by atoms with Gasteiger partial charge in [-0.25, -0.2) is 18.2 Å². The highest BCUT2D eigenvalue weighted by Crippen LogP contribution is 2.24. The number of pyridine rings is 1. The van der Waals surface area contributed by atoms with E-state index in [1.807, 2.05) is 0 Å². The summed E-state index contributed by atoms with van der Waals surface area (Å²) in [7, 11) is 0. The maximum Gasteiger partial charge on any atom is 0.165 e. The van der Waals surface area contributed by atoms with Crippen LogP contribution in [0.2, 0.25) is 0 Å². The van der Waals surface area contributed by atoms with Gasteiger partial charge in [0.25, 0.3) is 0 Å². The molecule has 5 heteroatoms. The number of hydrogen-bond donors (Lipinski definition) is 1. The molecule has 0 unspecified atom stereocenters. The Kier molecular flexibility index (Phi) is 2.52. The molecule has 2 rings (SSSR count). The Morgan fingerprint density at radius 3 is 2.44 bits per heavy atom. The fraction of sp³-hybridized carbons (Fsp3) is 0. The third-order valence-electron chi connectivity index (χ3n) is 2.11. The van der Waals surface area contributed by atoms with E-state index in [1.165, 1.54) is 6.20 Å². The minimum absolute atomic E-state index is 0.0496. The third-order valence-corrected chi connectivity index (χ3v) is 2.11. The molecule has 1 aromatic heterocycles. The van der Waals surface area contributed by atoms with Gasteiger partial charge in [-0.15, -0.1) is 0 Å². The molecule has 1 heterocycles. The molecule has 0 amide bonds. The van der Waals surface area contributed by atoms with Gasteiger partial charge >= 0.3 is 0 Å². The second-order valence-electron chi connectivity index (χ2n) is 3.22. The van der Waals surface area contributed by atoms with Crippen molar-refractivity contribution in [3.63, 3.8) is 0 Å². The van der Waals surface area contributed by atoms with Crippen LogP contribution in [-0.4, -0.2) is 4.98 Å². The summed E-state index contributed by atoms with van der Waals surface area (Å²) in [6.45, 7) is 0. The highest BCUT2D eigenvalue weighted by atomic mass is 19.1. The van der Waals surface area contributed by atoms with Crippen LogP contribution in [-0.2, 0) is 0 Å². The Bertz CT molecular complexity index is 541. The van der Waals surface area contributed by atoms with Crippen LogP contribution in [0.4, 0.5) is 19.0 Å². The van der Waals surface area contributed by atoms with E-state index in [0.29, 0.717) is 0 Å². The Labute approximate surface area is 89.5 Å². The van der Waals surface area contributed by atoms with Crippen LogP contribution in [0.5, 0.6) is 0 Å². The fourth-order valence-electron chi connectivity index (χ4n) is 1.31. The molecule has 16 heavy (non-hydrogen) atoms. The zero-order valence-electron chi connectivity index (χ0n) is 8.05. The van der Waals surface area contributed by atoms with Gasteiger partial charge in [-0.1, -0.05) is 0 Å². The molecule has 0 bridgehead atoms. The molecule has 1 aromatic carbocycles. The van der Waals surface area contributed by atoms with Gasteiger partial charge in [-0.3, -0.25) is 0 Å². The molecular weight excluding hydrogens is 217 g/mol. The van der Waals surface area contributed by atoms with E-state index in [0.717, 1.165) is 24.3 Å². The molecule has 82 valence electrons. The van der Waals surface area contributed by atoms with Crippen LogP contribution >= 0.6 is 0 Å². The lowest BCUT2D eigenvalue weighted by atomic mass is 10.1. The minimum atomic E-state index is -0.763. The number of rotatable bonds is 1. The summed E-state index contributed by atoms with van der Waals surface area (Å²) in [4.78, 5) is 3.54. The average Bonchev–Trinajstić information content (AvgIpc) is 2.26. The summed E-state index contributed by atoms with van der Waals surface area (Å²) in [6, 6.07) is 3.95. The molecule has 0 saturated carbocycles. The zero-order chi connectivity index (χ0) is 11.7. The van der Waals surface area contributed by atoms with Crippen LogP contribution in [0.1, 0.15) is 0 Å². The molecule has 0 aliphatic rings. The highest BCUT2D eigenvalue weighted by molar-refractivity contribution is 5.64. The molecule has 0 spiro atoms. The Hall–Kier alpha value is -2.04. The molecule has 0 aliphatic carbocycles. The molecule has 2 nitrogen and oxygen atoms in total. The van der Waals surface area contributed by atoms with Crippen LogP contribution in [0.15, 0.2) is 30.5 Å². The summed E-state index contributed by atoms with van der Waals surface area (Å²) in [6.07, 6.45) is 1.19. The molecule has 2 aromatic rings. The molecule has 0 saturated heterocycles. The first-order valence-corrected chi connectivity index (χ1v) is 4.44. The smallest absolute Gasteiger partial charge is 0.165 e. The molecule has 0 atom stereocenters. The second-order valence-corrected chi connectivity index (χ2v) is 3.22. The normalized spacial score (nSPS) is 10.4. The Balaban J connectivity index is 2.58. The second kappa shape index (κ2) is 3.84. The van der Waals surface area contributed by atoms with E-state index in [9.17, 15) is 13.2 Å². The molecule has 2 N–H and O–H groups in total. The van der Waals surface area contributed by atoms with Crippen LogP contribution in [0.25, 0.3) is 11.1 Å². The van der Waals surface area contributed by atoms with Crippen LogP contribution < -0.4 is 5.73 Å². The molecule has 0 fully saturated rings. The van der Waals surface area contributed by atoms with Crippen molar-refractivity contribution in [1.29, 1.82) is 0 Å². The number of nitrogen functional groups attached to an aromatic ring is 1. The van der Waals surface area contributed by atoms with Gasteiger partial charge in [0.1, 0.15) is 11.6 Å². The van der Waals surface area contributed by atoms with Crippen LogP contribution in [0, 0.1) is 17.5 Å². The first kappa shape index (κ1) is 10.5. The predicted octanol–water partition coefficient (Wildman–Crippen LogP) is 2.75. The summed E-state index contributed by atoms with van der Waals surface area (Å²) in [5.74, 6) is -2.29. The molecule has 0 aliphatic heterocycles. The van der Waals surface area contributed by atoms with E-state index in [1.54, 1.807) is 0 Å². The van der Waals surface area contributed by atoms with Gasteiger partial charge in [-0.2, -0.15) is 0 Å². The zero-order valence-corrected chi connectivity index (χ0v) is 8.05. The SMILES string of the molecule is Nc1ncc(-c2cc(F)ccc2F)cc1F. The molecule has 0 radical (unpaired) electrons. The number of nitrogens with two attached hydrogens (primary N) is 1. The van der Waals surface area contributed by atoms with Crippen molar-refractivity contribution < 1.29 is 13.2 Å². The van der Waals surface area contributed by atoms with E-state index in [-0.39, 0.29) is 16.9 Å². The standard InChI is InChI=1S/C11H7F3N2/c12-7-1-2-9(13)8(4-7)6-3-10(14)11(15)16-5-6/h1-5H,(H2,15,16). The van der Waals surface area contributed by atoms with Crippen molar-refractivity contribution in [3.8, 4) is 11.1 Å². The summed E-state index contributed by atoms with van der Waals surface area (Å²) in [5, 5.41) is 0. The van der Waals surface area contributed by atoms with E-state index in [4.69, 9.17) is 5.73 Å². The fourth-order valence-corrected chi connectivity index (χ4v) is 1.31.